The maximum absolute atomic E-state index is 6.07. The average molecular weight is 504 g/mol. The van der Waals surface area contributed by atoms with Crippen LogP contribution in [-0.4, -0.2) is 46.2 Å². The van der Waals surface area contributed by atoms with Crippen molar-refractivity contribution in [3.63, 3.8) is 0 Å². The smallest absolute Gasteiger partial charge is 0.159 e. The minimum atomic E-state index is 0.437. The Hall–Kier alpha value is -2.93. The molecule has 188 valence electrons. The summed E-state index contributed by atoms with van der Waals surface area (Å²) in [6.45, 7) is 6.83. The van der Waals surface area contributed by atoms with E-state index < -0.39 is 0 Å². The van der Waals surface area contributed by atoms with Gasteiger partial charge in [-0.3, -0.25) is 4.90 Å². The zero-order valence-electron chi connectivity index (χ0n) is 21.1. The van der Waals surface area contributed by atoms with Crippen molar-refractivity contribution >= 4 is 17.2 Å². The second kappa shape index (κ2) is 11.4. The van der Waals surface area contributed by atoms with Gasteiger partial charge in [0, 0.05) is 42.3 Å². The van der Waals surface area contributed by atoms with E-state index in [1.54, 1.807) is 7.11 Å². The standard InChI is InChI=1S/C29H34ClN5O/c1-21-27(18-31-15-13-22-7-11-26(36-2)12-8-22)29-32-16-14-28(35(29)33-21)24-4-3-17-34(20-24)19-23-5-9-25(30)10-6-23/h5-12,14,16,24,31H,3-4,13,15,17-20H2,1-2H3. The maximum Gasteiger partial charge on any atom is 0.159 e. The molecular formula is C29H34ClN5O. The summed E-state index contributed by atoms with van der Waals surface area (Å²) >= 11 is 6.07. The summed E-state index contributed by atoms with van der Waals surface area (Å²) in [6.07, 6.45) is 5.27. The van der Waals surface area contributed by atoms with Crippen molar-refractivity contribution in [3.8, 4) is 5.75 Å². The third-order valence-electron chi connectivity index (χ3n) is 7.14. The SMILES string of the molecule is COc1ccc(CCNCc2c(C)nn3c(C4CCCN(Cc5ccc(Cl)cc5)C4)ccnc23)cc1. The zero-order chi connectivity index (χ0) is 24.9. The molecule has 7 heteroatoms. The number of nitrogens with zero attached hydrogens (tertiary/aromatic N) is 4. The molecule has 1 atom stereocenters. The lowest BCUT2D eigenvalue weighted by atomic mass is 9.94. The van der Waals surface area contributed by atoms with Crippen LogP contribution in [0.5, 0.6) is 5.75 Å². The van der Waals surface area contributed by atoms with Crippen molar-refractivity contribution in [1.29, 1.82) is 0 Å². The van der Waals surface area contributed by atoms with Crippen LogP contribution in [0.2, 0.25) is 5.02 Å². The highest BCUT2D eigenvalue weighted by Gasteiger charge is 2.25. The van der Waals surface area contributed by atoms with Gasteiger partial charge in [-0.15, -0.1) is 0 Å². The van der Waals surface area contributed by atoms with E-state index in [0.717, 1.165) is 61.3 Å². The van der Waals surface area contributed by atoms with Gasteiger partial charge in [0.25, 0.3) is 0 Å². The third kappa shape index (κ3) is 5.72. The summed E-state index contributed by atoms with van der Waals surface area (Å²) in [5.74, 6) is 1.33. The van der Waals surface area contributed by atoms with Gasteiger partial charge in [0.2, 0.25) is 0 Å². The molecule has 0 aliphatic carbocycles. The topological polar surface area (TPSA) is 54.7 Å². The minimum absolute atomic E-state index is 0.437. The van der Waals surface area contributed by atoms with Gasteiger partial charge in [-0.2, -0.15) is 5.10 Å². The molecule has 3 heterocycles. The molecule has 0 radical (unpaired) electrons. The Morgan fingerprint density at radius 1 is 1.06 bits per heavy atom. The van der Waals surface area contributed by atoms with Gasteiger partial charge in [-0.1, -0.05) is 35.9 Å². The quantitative estimate of drug-likeness (QED) is 0.309. The first-order valence-electron chi connectivity index (χ1n) is 12.7. The number of hydrogen-bond acceptors (Lipinski definition) is 5. The fourth-order valence-electron chi connectivity index (χ4n) is 5.16. The van der Waals surface area contributed by atoms with Crippen LogP contribution in [0.15, 0.2) is 60.8 Å². The molecule has 0 saturated carbocycles. The van der Waals surface area contributed by atoms with Gasteiger partial charge >= 0.3 is 0 Å². The number of hydrogen-bond donors (Lipinski definition) is 1. The van der Waals surface area contributed by atoms with Crippen LogP contribution < -0.4 is 10.1 Å². The first-order valence-corrected chi connectivity index (χ1v) is 13.1. The zero-order valence-corrected chi connectivity index (χ0v) is 21.8. The second-order valence-electron chi connectivity index (χ2n) is 9.64. The van der Waals surface area contributed by atoms with Crippen molar-refractivity contribution in [3.05, 3.63) is 93.9 Å². The molecular weight excluding hydrogens is 470 g/mol. The van der Waals surface area contributed by atoms with Gasteiger partial charge in [-0.05, 0) is 80.7 Å². The van der Waals surface area contributed by atoms with Crippen molar-refractivity contribution < 1.29 is 4.74 Å². The molecule has 0 spiro atoms. The summed E-state index contributed by atoms with van der Waals surface area (Å²) < 4.78 is 7.34. The molecule has 1 saturated heterocycles. The number of fused-ring (bicyclic) bond motifs is 1. The molecule has 1 fully saturated rings. The minimum Gasteiger partial charge on any atom is -0.497 e. The maximum atomic E-state index is 6.07. The fraction of sp³-hybridized carbons (Fsp3) is 0.379. The van der Waals surface area contributed by atoms with Crippen LogP contribution in [0.1, 0.15) is 46.8 Å². The lowest BCUT2D eigenvalue weighted by Gasteiger charge is -2.33. The number of methoxy groups -OCH3 is 1. The Labute approximate surface area is 218 Å². The van der Waals surface area contributed by atoms with Crippen LogP contribution in [0.3, 0.4) is 0 Å². The summed E-state index contributed by atoms with van der Waals surface area (Å²) in [6, 6.07) is 18.6. The van der Waals surface area contributed by atoms with Crippen molar-refractivity contribution in [2.45, 2.75) is 45.2 Å². The van der Waals surface area contributed by atoms with Crippen molar-refractivity contribution in [1.82, 2.24) is 24.8 Å². The van der Waals surface area contributed by atoms with Crippen LogP contribution in [0.4, 0.5) is 0 Å². The molecule has 1 unspecified atom stereocenters. The molecule has 4 aromatic rings. The summed E-state index contributed by atoms with van der Waals surface area (Å²) in [7, 11) is 1.69. The fourth-order valence-corrected chi connectivity index (χ4v) is 5.28. The molecule has 0 amide bonds. The van der Waals surface area contributed by atoms with E-state index >= 15 is 0 Å². The third-order valence-corrected chi connectivity index (χ3v) is 7.39. The average Bonchev–Trinajstić information content (AvgIpc) is 3.23. The molecule has 5 rings (SSSR count). The van der Waals surface area contributed by atoms with E-state index in [1.165, 1.54) is 35.2 Å². The number of rotatable bonds is 9. The predicted octanol–water partition coefficient (Wildman–Crippen LogP) is 5.41. The molecule has 2 aromatic heterocycles. The van der Waals surface area contributed by atoms with Gasteiger partial charge in [0.15, 0.2) is 5.65 Å². The number of piperidine rings is 1. The highest BCUT2D eigenvalue weighted by atomic mass is 35.5. The number of aryl methyl sites for hydroxylation is 1. The van der Waals surface area contributed by atoms with E-state index in [1.807, 2.05) is 30.5 Å². The molecule has 6 nitrogen and oxygen atoms in total. The van der Waals surface area contributed by atoms with Crippen molar-refractivity contribution in [2.75, 3.05) is 26.7 Å². The first-order chi connectivity index (χ1) is 17.6. The van der Waals surface area contributed by atoms with E-state index in [0.29, 0.717) is 5.92 Å². The van der Waals surface area contributed by atoms with Gasteiger partial charge in [-0.25, -0.2) is 9.50 Å². The second-order valence-corrected chi connectivity index (χ2v) is 10.1. The van der Waals surface area contributed by atoms with Crippen LogP contribution in [0, 0.1) is 6.92 Å². The number of aromatic nitrogens is 3. The van der Waals surface area contributed by atoms with Crippen molar-refractivity contribution in [2.24, 2.45) is 0 Å². The molecule has 2 aromatic carbocycles. The molecule has 1 aliphatic heterocycles. The number of nitrogens with one attached hydrogen (secondary N) is 1. The first kappa shape index (κ1) is 24.8. The normalized spacial score (nSPS) is 16.5. The number of ether oxygens (including phenoxy) is 1. The number of likely N-dealkylation sites (tertiary alicyclic amines) is 1. The Balaban J connectivity index is 1.24. The van der Waals surface area contributed by atoms with Gasteiger partial charge in [0.05, 0.1) is 18.5 Å². The van der Waals surface area contributed by atoms with E-state index in [2.05, 4.69) is 52.0 Å². The molecule has 36 heavy (non-hydrogen) atoms. The highest BCUT2D eigenvalue weighted by Crippen LogP contribution is 2.29. The Morgan fingerprint density at radius 3 is 2.61 bits per heavy atom. The summed E-state index contributed by atoms with van der Waals surface area (Å²) in [5, 5.41) is 9.31. The Bertz CT molecular complexity index is 1290. The highest BCUT2D eigenvalue weighted by molar-refractivity contribution is 6.30. The lowest BCUT2D eigenvalue weighted by molar-refractivity contribution is 0.197. The molecule has 1 aliphatic rings. The summed E-state index contributed by atoms with van der Waals surface area (Å²) in [5.41, 5.74) is 7.05. The van der Waals surface area contributed by atoms with E-state index in [4.69, 9.17) is 26.4 Å². The van der Waals surface area contributed by atoms with Gasteiger partial charge in [0.1, 0.15) is 5.75 Å². The lowest BCUT2D eigenvalue weighted by Crippen LogP contribution is -2.34. The predicted molar refractivity (Wildman–Crippen MR) is 145 cm³/mol. The van der Waals surface area contributed by atoms with E-state index in [-0.39, 0.29) is 0 Å². The Kier molecular flexibility index (Phi) is 7.85. The van der Waals surface area contributed by atoms with Gasteiger partial charge < -0.3 is 10.1 Å². The van der Waals surface area contributed by atoms with E-state index in [9.17, 15) is 0 Å². The monoisotopic (exact) mass is 503 g/mol. The van der Waals surface area contributed by atoms with Crippen LogP contribution in [0.25, 0.3) is 5.65 Å². The molecule has 1 N–H and O–H groups in total. The number of halogens is 1. The number of benzene rings is 2. The van der Waals surface area contributed by atoms with Crippen LogP contribution >= 0.6 is 11.6 Å². The molecule has 0 bridgehead atoms. The van der Waals surface area contributed by atoms with Crippen LogP contribution in [-0.2, 0) is 19.5 Å². The Morgan fingerprint density at radius 2 is 1.83 bits per heavy atom. The largest absolute Gasteiger partial charge is 0.497 e. The summed E-state index contributed by atoms with van der Waals surface area (Å²) in [4.78, 5) is 7.27.